The summed E-state index contributed by atoms with van der Waals surface area (Å²) in [6.07, 6.45) is 7.82. The molecule has 0 bridgehead atoms. The van der Waals surface area contributed by atoms with Gasteiger partial charge in [-0.15, -0.1) is 0 Å². The van der Waals surface area contributed by atoms with Gasteiger partial charge in [0.15, 0.2) is 5.17 Å². The van der Waals surface area contributed by atoms with Crippen LogP contribution in [0.2, 0.25) is 0 Å². The van der Waals surface area contributed by atoms with Crippen molar-refractivity contribution >= 4 is 16.9 Å². The molecule has 18 heavy (non-hydrogen) atoms. The summed E-state index contributed by atoms with van der Waals surface area (Å²) in [5, 5.41) is 4.76. The average Bonchev–Trinajstić information content (AvgIpc) is 2.87. The molecule has 1 N–H and O–H groups in total. The van der Waals surface area contributed by atoms with E-state index in [1.54, 1.807) is 0 Å². The zero-order valence-electron chi connectivity index (χ0n) is 12.0. The van der Waals surface area contributed by atoms with Crippen LogP contribution in [0.5, 0.6) is 0 Å². The number of hydrogen-bond acceptors (Lipinski definition) is 3. The maximum atomic E-state index is 4.88. The van der Waals surface area contributed by atoms with Crippen molar-refractivity contribution in [3.8, 4) is 0 Å². The molecule has 0 aromatic heterocycles. The van der Waals surface area contributed by atoms with Gasteiger partial charge in [-0.2, -0.15) is 0 Å². The molecular weight excluding hydrogens is 242 g/mol. The van der Waals surface area contributed by atoms with Crippen LogP contribution in [-0.2, 0) is 0 Å². The summed E-state index contributed by atoms with van der Waals surface area (Å²) in [5.74, 6) is 1.22. The lowest BCUT2D eigenvalue weighted by molar-refractivity contribution is 0.167. The van der Waals surface area contributed by atoms with Crippen molar-refractivity contribution in [2.24, 2.45) is 4.99 Å². The van der Waals surface area contributed by atoms with E-state index in [0.717, 1.165) is 6.54 Å². The van der Waals surface area contributed by atoms with Crippen LogP contribution < -0.4 is 5.32 Å². The Labute approximate surface area is 116 Å². The molecule has 1 saturated carbocycles. The van der Waals surface area contributed by atoms with Crippen molar-refractivity contribution in [3.63, 3.8) is 0 Å². The molecule has 0 aromatic carbocycles. The van der Waals surface area contributed by atoms with Gasteiger partial charge < -0.3 is 10.2 Å². The SMILES string of the molecule is CCC1CCSC(=NCC2(N(C)C)CCCC2)N1. The topological polar surface area (TPSA) is 27.6 Å². The molecule has 1 heterocycles. The van der Waals surface area contributed by atoms with Gasteiger partial charge in [0, 0.05) is 17.3 Å². The molecule has 0 spiro atoms. The van der Waals surface area contributed by atoms with Crippen molar-refractivity contribution in [3.05, 3.63) is 0 Å². The lowest BCUT2D eigenvalue weighted by Gasteiger charge is -2.35. The van der Waals surface area contributed by atoms with Crippen LogP contribution in [0.3, 0.4) is 0 Å². The Hall–Kier alpha value is -0.220. The number of nitrogens with zero attached hydrogens (tertiary/aromatic N) is 2. The molecule has 1 atom stereocenters. The summed E-state index contributed by atoms with van der Waals surface area (Å²) in [6.45, 7) is 3.22. The van der Waals surface area contributed by atoms with Gasteiger partial charge in [0.05, 0.1) is 6.54 Å². The number of thioether (sulfide) groups is 1. The first kappa shape index (κ1) is 14.2. The van der Waals surface area contributed by atoms with E-state index in [1.165, 1.54) is 49.4 Å². The van der Waals surface area contributed by atoms with Crippen LogP contribution in [0.1, 0.15) is 45.4 Å². The van der Waals surface area contributed by atoms with Gasteiger partial charge in [-0.05, 0) is 39.8 Å². The standard InChI is InChI=1S/C14H27N3S/c1-4-12-7-10-18-13(16-12)15-11-14(17(2)3)8-5-6-9-14/h12H,4-11H2,1-3H3,(H,15,16). The van der Waals surface area contributed by atoms with Crippen LogP contribution in [0, 0.1) is 0 Å². The van der Waals surface area contributed by atoms with Crippen LogP contribution in [0.25, 0.3) is 0 Å². The monoisotopic (exact) mass is 269 g/mol. The van der Waals surface area contributed by atoms with E-state index in [9.17, 15) is 0 Å². The molecule has 1 unspecified atom stereocenters. The van der Waals surface area contributed by atoms with Gasteiger partial charge in [0.25, 0.3) is 0 Å². The molecule has 0 radical (unpaired) electrons. The fourth-order valence-electron chi connectivity index (χ4n) is 2.98. The first-order chi connectivity index (χ1) is 8.66. The summed E-state index contributed by atoms with van der Waals surface area (Å²) >= 11 is 1.90. The second kappa shape index (κ2) is 6.29. The molecule has 1 aliphatic carbocycles. The maximum absolute atomic E-state index is 4.88. The Bertz CT molecular complexity index is 295. The minimum Gasteiger partial charge on any atom is -0.362 e. The Morgan fingerprint density at radius 1 is 1.39 bits per heavy atom. The highest BCUT2D eigenvalue weighted by atomic mass is 32.2. The summed E-state index contributed by atoms with van der Waals surface area (Å²) in [6, 6.07) is 0.642. The number of hydrogen-bond donors (Lipinski definition) is 1. The molecule has 0 amide bonds. The molecule has 2 fully saturated rings. The lowest BCUT2D eigenvalue weighted by atomic mass is 9.96. The maximum Gasteiger partial charge on any atom is 0.156 e. The quantitative estimate of drug-likeness (QED) is 0.850. The summed E-state index contributed by atoms with van der Waals surface area (Å²) < 4.78 is 0. The number of nitrogens with one attached hydrogen (secondary N) is 1. The third kappa shape index (κ3) is 3.21. The van der Waals surface area contributed by atoms with Crippen molar-refractivity contribution in [2.75, 3.05) is 26.4 Å². The second-order valence-corrected chi connectivity index (χ2v) is 6.92. The molecule has 0 aromatic rings. The normalized spacial score (nSPS) is 29.8. The van der Waals surface area contributed by atoms with Crippen molar-refractivity contribution in [2.45, 2.75) is 57.0 Å². The van der Waals surface area contributed by atoms with E-state index in [2.05, 4.69) is 31.2 Å². The zero-order chi connectivity index (χ0) is 13.0. The fraction of sp³-hybridized carbons (Fsp3) is 0.929. The predicted molar refractivity (Wildman–Crippen MR) is 81.5 cm³/mol. The highest BCUT2D eigenvalue weighted by Crippen LogP contribution is 2.34. The third-order valence-electron chi connectivity index (χ3n) is 4.53. The van der Waals surface area contributed by atoms with Crippen molar-refractivity contribution in [1.82, 2.24) is 10.2 Å². The van der Waals surface area contributed by atoms with Gasteiger partial charge in [0.2, 0.25) is 0 Å². The smallest absolute Gasteiger partial charge is 0.156 e. The van der Waals surface area contributed by atoms with E-state index in [-0.39, 0.29) is 0 Å². The van der Waals surface area contributed by atoms with Gasteiger partial charge in [-0.25, -0.2) is 0 Å². The van der Waals surface area contributed by atoms with E-state index in [4.69, 9.17) is 4.99 Å². The summed E-state index contributed by atoms with van der Waals surface area (Å²) in [5.41, 5.74) is 0.328. The van der Waals surface area contributed by atoms with Crippen LogP contribution >= 0.6 is 11.8 Å². The largest absolute Gasteiger partial charge is 0.362 e. The molecule has 104 valence electrons. The summed E-state index contributed by atoms with van der Waals surface area (Å²) in [4.78, 5) is 7.28. The van der Waals surface area contributed by atoms with Crippen molar-refractivity contribution in [1.29, 1.82) is 0 Å². The number of rotatable bonds is 4. The van der Waals surface area contributed by atoms with E-state index in [0.29, 0.717) is 11.6 Å². The zero-order valence-corrected chi connectivity index (χ0v) is 12.9. The van der Waals surface area contributed by atoms with E-state index >= 15 is 0 Å². The predicted octanol–water partition coefficient (Wildman–Crippen LogP) is 2.72. The van der Waals surface area contributed by atoms with E-state index in [1.807, 2.05) is 11.8 Å². The highest BCUT2D eigenvalue weighted by molar-refractivity contribution is 8.13. The highest BCUT2D eigenvalue weighted by Gasteiger charge is 2.35. The minimum absolute atomic E-state index is 0.328. The third-order valence-corrected chi connectivity index (χ3v) is 5.49. The van der Waals surface area contributed by atoms with Gasteiger partial charge >= 0.3 is 0 Å². The molecule has 3 nitrogen and oxygen atoms in total. The molecule has 2 rings (SSSR count). The number of amidine groups is 1. The van der Waals surface area contributed by atoms with Gasteiger partial charge in [-0.1, -0.05) is 31.5 Å². The van der Waals surface area contributed by atoms with Crippen LogP contribution in [0.4, 0.5) is 0 Å². The molecule has 4 heteroatoms. The van der Waals surface area contributed by atoms with Gasteiger partial charge in [0.1, 0.15) is 0 Å². The Balaban J connectivity index is 1.96. The Kier molecular flexibility index (Phi) is 4.96. The molecule has 1 aliphatic heterocycles. The second-order valence-electron chi connectivity index (χ2n) is 5.83. The average molecular weight is 269 g/mol. The van der Waals surface area contributed by atoms with Gasteiger partial charge in [-0.3, -0.25) is 4.99 Å². The number of likely N-dealkylation sites (N-methyl/N-ethyl adjacent to an activating group) is 1. The molecule has 2 aliphatic rings. The Morgan fingerprint density at radius 3 is 2.72 bits per heavy atom. The van der Waals surface area contributed by atoms with E-state index < -0.39 is 0 Å². The van der Waals surface area contributed by atoms with Crippen LogP contribution in [0.15, 0.2) is 4.99 Å². The fourth-order valence-corrected chi connectivity index (χ4v) is 3.98. The number of aliphatic imine (C=N–C) groups is 1. The van der Waals surface area contributed by atoms with Crippen molar-refractivity contribution < 1.29 is 0 Å². The molecule has 1 saturated heterocycles. The lowest BCUT2D eigenvalue weighted by Crippen LogP contribution is -2.45. The Morgan fingerprint density at radius 2 is 2.11 bits per heavy atom. The minimum atomic E-state index is 0.328. The van der Waals surface area contributed by atoms with Crippen LogP contribution in [-0.4, -0.2) is 48.0 Å². The first-order valence-corrected chi connectivity index (χ1v) is 8.26. The summed E-state index contributed by atoms with van der Waals surface area (Å²) in [7, 11) is 4.42. The molecular formula is C14H27N3S. The first-order valence-electron chi connectivity index (χ1n) is 7.27.